The molecule has 2 fully saturated rings. The van der Waals surface area contributed by atoms with E-state index in [-0.39, 0.29) is 29.9 Å². The van der Waals surface area contributed by atoms with Crippen LogP contribution in [0.5, 0.6) is 5.75 Å². The summed E-state index contributed by atoms with van der Waals surface area (Å²) in [7, 11) is 0. The first-order valence-electron chi connectivity index (χ1n) is 12.2. The summed E-state index contributed by atoms with van der Waals surface area (Å²) < 4.78 is 12.0. The van der Waals surface area contributed by atoms with Crippen LogP contribution in [0, 0.1) is 17.2 Å². The maximum Gasteiger partial charge on any atom is 0.251 e. The van der Waals surface area contributed by atoms with Crippen LogP contribution in [0.3, 0.4) is 0 Å². The number of allylic oxidation sites excluding steroid dienone is 4. The number of pyridine rings is 1. The van der Waals surface area contributed by atoms with Gasteiger partial charge in [0, 0.05) is 29.7 Å². The van der Waals surface area contributed by atoms with Crippen molar-refractivity contribution in [3.63, 3.8) is 0 Å². The van der Waals surface area contributed by atoms with Gasteiger partial charge < -0.3 is 20.1 Å². The first kappa shape index (κ1) is 24.3. The van der Waals surface area contributed by atoms with Gasteiger partial charge in [-0.3, -0.25) is 9.59 Å². The molecular formula is C29H28N4O4. The van der Waals surface area contributed by atoms with E-state index in [1.54, 1.807) is 30.5 Å². The number of nitrogens with zero attached hydrogens (tertiary/aromatic N) is 2. The molecule has 2 aliphatic heterocycles. The average Bonchev–Trinajstić information content (AvgIpc) is 3.45. The fraction of sp³-hybridized carbons (Fsp3) is 0.310. The number of aromatic nitrogens is 1. The van der Waals surface area contributed by atoms with E-state index in [4.69, 9.17) is 9.47 Å². The summed E-state index contributed by atoms with van der Waals surface area (Å²) in [6.45, 7) is 9.67. The Labute approximate surface area is 215 Å². The minimum absolute atomic E-state index is 0.0272. The maximum absolute atomic E-state index is 12.8. The summed E-state index contributed by atoms with van der Waals surface area (Å²) in [4.78, 5) is 28.7. The zero-order valence-corrected chi connectivity index (χ0v) is 21.0. The summed E-state index contributed by atoms with van der Waals surface area (Å²) in [6.07, 6.45) is 6.08. The molecule has 0 unspecified atom stereocenters. The van der Waals surface area contributed by atoms with Crippen LogP contribution >= 0.6 is 0 Å². The van der Waals surface area contributed by atoms with Crippen LogP contribution in [0.4, 0.5) is 5.82 Å². The van der Waals surface area contributed by atoms with Gasteiger partial charge in [-0.2, -0.15) is 5.26 Å². The summed E-state index contributed by atoms with van der Waals surface area (Å²) >= 11 is 0. The van der Waals surface area contributed by atoms with Crippen molar-refractivity contribution in [3.8, 4) is 11.8 Å². The molecule has 1 aliphatic carbocycles. The third kappa shape index (κ3) is 4.73. The number of carbonyl (C=O) groups is 2. The van der Waals surface area contributed by atoms with Gasteiger partial charge in [-0.25, -0.2) is 4.98 Å². The molecule has 8 heteroatoms. The van der Waals surface area contributed by atoms with E-state index >= 15 is 0 Å². The number of amides is 2. The molecule has 1 aromatic heterocycles. The third-order valence-corrected chi connectivity index (χ3v) is 6.97. The second kappa shape index (κ2) is 9.25. The second-order valence-corrected chi connectivity index (χ2v) is 10.0. The van der Waals surface area contributed by atoms with E-state index in [0.29, 0.717) is 41.5 Å². The van der Waals surface area contributed by atoms with Crippen LogP contribution in [-0.2, 0) is 21.4 Å². The van der Waals surface area contributed by atoms with E-state index in [1.165, 1.54) is 0 Å². The van der Waals surface area contributed by atoms with E-state index in [2.05, 4.69) is 28.3 Å². The number of benzene rings is 1. The smallest absolute Gasteiger partial charge is 0.251 e. The van der Waals surface area contributed by atoms with E-state index < -0.39 is 5.41 Å². The summed E-state index contributed by atoms with van der Waals surface area (Å²) in [5, 5.41) is 15.2. The van der Waals surface area contributed by atoms with Crippen molar-refractivity contribution in [3.05, 3.63) is 89.0 Å². The highest BCUT2D eigenvalue weighted by molar-refractivity contribution is 5.95. The van der Waals surface area contributed by atoms with Gasteiger partial charge in [-0.1, -0.05) is 18.7 Å². The minimum Gasteiger partial charge on any atom is -0.487 e. The van der Waals surface area contributed by atoms with Crippen LogP contribution in [0.15, 0.2) is 72.4 Å². The number of hydrogen-bond donors (Lipinski definition) is 2. The van der Waals surface area contributed by atoms with E-state index in [1.807, 2.05) is 39.0 Å². The minimum atomic E-state index is -0.675. The molecule has 1 saturated carbocycles. The number of rotatable bonds is 6. The van der Waals surface area contributed by atoms with Gasteiger partial charge >= 0.3 is 0 Å². The topological polar surface area (TPSA) is 113 Å². The molecule has 1 saturated heterocycles. The Kier molecular flexibility index (Phi) is 6.08. The Morgan fingerprint density at radius 3 is 2.89 bits per heavy atom. The molecule has 37 heavy (non-hydrogen) atoms. The summed E-state index contributed by atoms with van der Waals surface area (Å²) in [5.41, 5.74) is 2.35. The Morgan fingerprint density at radius 1 is 1.35 bits per heavy atom. The molecule has 188 valence electrons. The van der Waals surface area contributed by atoms with Crippen molar-refractivity contribution in [1.82, 2.24) is 10.3 Å². The molecule has 5 rings (SSSR count). The lowest BCUT2D eigenvalue weighted by Crippen LogP contribution is -2.30. The molecule has 8 nitrogen and oxygen atoms in total. The highest BCUT2D eigenvalue weighted by Gasteiger charge is 2.60. The molecule has 3 atom stereocenters. The first-order chi connectivity index (χ1) is 17.7. The molecule has 0 bridgehead atoms. The molecule has 2 amide bonds. The van der Waals surface area contributed by atoms with Crippen molar-refractivity contribution >= 4 is 17.6 Å². The number of nitriles is 1. The largest absolute Gasteiger partial charge is 0.487 e. The fourth-order valence-corrected chi connectivity index (χ4v) is 4.65. The van der Waals surface area contributed by atoms with Crippen molar-refractivity contribution in [2.24, 2.45) is 5.92 Å². The lowest BCUT2D eigenvalue weighted by Gasteiger charge is -2.18. The van der Waals surface area contributed by atoms with Gasteiger partial charge in [0.2, 0.25) is 5.91 Å². The molecule has 0 spiro atoms. The molecule has 2 aromatic rings. The standard InChI is InChI=1S/C29H28N4O4/c1-16(36-22-12-13-31-27-20(22)9-11-23(34)32-27)8-10-21-17(2)24-25(26(24)37-21)33-28(35)18-6-5-7-19(14-18)29(3,4)15-30/h5-8,10,12-14,24-26H,2,9,11H2,1,3-4H3,(H,33,35)(H,31,32,34)/b16-8+,21-10+/t24-,25-,26-/m0/s1. The summed E-state index contributed by atoms with van der Waals surface area (Å²) in [5.74, 6) is 2.31. The van der Waals surface area contributed by atoms with Crippen molar-refractivity contribution in [1.29, 1.82) is 5.26 Å². The quantitative estimate of drug-likeness (QED) is 0.576. The van der Waals surface area contributed by atoms with Gasteiger partial charge in [0.1, 0.15) is 29.2 Å². The SMILES string of the molecule is C=C1/C(=C\C=C(/C)Oc2ccnc3c2CCC(=O)N3)O[C@@H]2[C@@H](NC(=O)c3cccc(C(C)(C)C#N)c3)[C@H]12. The van der Waals surface area contributed by atoms with Crippen molar-refractivity contribution in [2.75, 3.05) is 5.32 Å². The molecule has 3 aliphatic rings. The van der Waals surface area contributed by atoms with Crippen LogP contribution in [0.1, 0.15) is 48.7 Å². The van der Waals surface area contributed by atoms with Crippen LogP contribution in [0.2, 0.25) is 0 Å². The number of hydrogen-bond acceptors (Lipinski definition) is 6. The normalized spacial score (nSPS) is 23.4. The Hall–Kier alpha value is -4.38. The van der Waals surface area contributed by atoms with Crippen molar-refractivity contribution < 1.29 is 19.1 Å². The molecule has 1 aromatic carbocycles. The maximum atomic E-state index is 12.8. The Morgan fingerprint density at radius 2 is 2.16 bits per heavy atom. The zero-order valence-electron chi connectivity index (χ0n) is 21.0. The molecular weight excluding hydrogens is 468 g/mol. The first-order valence-corrected chi connectivity index (χ1v) is 12.2. The van der Waals surface area contributed by atoms with Crippen molar-refractivity contribution in [2.45, 2.75) is 51.2 Å². The lowest BCUT2D eigenvalue weighted by molar-refractivity contribution is -0.116. The monoisotopic (exact) mass is 496 g/mol. The number of fused-ring (bicyclic) bond motifs is 2. The Bertz CT molecular complexity index is 1420. The highest BCUT2D eigenvalue weighted by atomic mass is 16.5. The predicted molar refractivity (Wildman–Crippen MR) is 137 cm³/mol. The average molecular weight is 497 g/mol. The number of nitrogens with one attached hydrogen (secondary N) is 2. The zero-order chi connectivity index (χ0) is 26.3. The second-order valence-electron chi connectivity index (χ2n) is 10.0. The van der Waals surface area contributed by atoms with E-state index in [0.717, 1.165) is 16.7 Å². The Balaban J connectivity index is 1.20. The van der Waals surface area contributed by atoms with Gasteiger partial charge in [0.05, 0.1) is 17.5 Å². The number of ether oxygens (including phenoxy) is 2. The summed E-state index contributed by atoms with van der Waals surface area (Å²) in [6, 6.07) is 11.1. The third-order valence-electron chi connectivity index (χ3n) is 6.97. The fourth-order valence-electron chi connectivity index (χ4n) is 4.65. The number of carbonyl (C=O) groups excluding carboxylic acids is 2. The van der Waals surface area contributed by atoms with Gasteiger partial charge in [0.15, 0.2) is 0 Å². The lowest BCUT2D eigenvalue weighted by atomic mass is 9.85. The molecule has 2 N–H and O–H groups in total. The van der Waals surface area contributed by atoms with Gasteiger partial charge in [-0.15, -0.1) is 0 Å². The van der Waals surface area contributed by atoms with Crippen LogP contribution in [0.25, 0.3) is 0 Å². The predicted octanol–water partition coefficient (Wildman–Crippen LogP) is 4.32. The van der Waals surface area contributed by atoms with E-state index in [9.17, 15) is 14.9 Å². The highest BCUT2D eigenvalue weighted by Crippen LogP contribution is 2.51. The van der Waals surface area contributed by atoms with Gasteiger partial charge in [0.25, 0.3) is 5.91 Å². The van der Waals surface area contributed by atoms with Gasteiger partial charge in [-0.05, 0) is 68.7 Å². The molecule has 3 heterocycles. The van der Waals surface area contributed by atoms with Crippen LogP contribution < -0.4 is 15.4 Å². The van der Waals surface area contributed by atoms with Crippen LogP contribution in [-0.4, -0.2) is 28.9 Å². The molecule has 0 radical (unpaired) electrons. The number of anilines is 1.